The predicted octanol–water partition coefficient (Wildman–Crippen LogP) is 1.73. The van der Waals surface area contributed by atoms with Gasteiger partial charge in [-0.05, 0) is 6.07 Å². The van der Waals surface area contributed by atoms with Crippen LogP contribution < -0.4 is 4.74 Å². The molecule has 0 bridgehead atoms. The molecular formula is C11H9NO3. The molecule has 0 radical (unpaired) electrons. The second kappa shape index (κ2) is 2.76. The minimum Gasteiger partial charge on any atom is -0.477 e. The van der Waals surface area contributed by atoms with Gasteiger partial charge in [-0.1, -0.05) is 18.2 Å². The number of benzene rings is 1. The number of fused-ring (bicyclic) bond motifs is 3. The lowest BCUT2D eigenvalue weighted by molar-refractivity contribution is 0.0695. The van der Waals surface area contributed by atoms with Crippen molar-refractivity contribution in [2.45, 2.75) is 6.54 Å². The van der Waals surface area contributed by atoms with Gasteiger partial charge < -0.3 is 14.4 Å². The summed E-state index contributed by atoms with van der Waals surface area (Å²) in [5.74, 6) is -0.439. The average Bonchev–Trinajstić information content (AvgIpc) is 2.75. The predicted molar refractivity (Wildman–Crippen MR) is 54.4 cm³/mol. The van der Waals surface area contributed by atoms with Gasteiger partial charge in [-0.3, -0.25) is 0 Å². The summed E-state index contributed by atoms with van der Waals surface area (Å²) in [5.41, 5.74) is 1.21. The molecule has 15 heavy (non-hydrogen) atoms. The number of hydrogen-bond donors (Lipinski definition) is 1. The molecule has 0 aliphatic carbocycles. The minimum atomic E-state index is -0.929. The van der Waals surface area contributed by atoms with Crippen molar-refractivity contribution < 1.29 is 14.6 Å². The Balaban J connectivity index is 2.46. The lowest BCUT2D eigenvalue weighted by atomic mass is 10.2. The summed E-state index contributed by atoms with van der Waals surface area (Å²) < 4.78 is 7.27. The van der Waals surface area contributed by atoms with E-state index in [4.69, 9.17) is 9.84 Å². The Kier molecular flexibility index (Phi) is 1.54. The van der Waals surface area contributed by atoms with Crippen molar-refractivity contribution in [1.29, 1.82) is 0 Å². The van der Waals surface area contributed by atoms with Crippen LogP contribution in [0.3, 0.4) is 0 Å². The molecule has 0 saturated heterocycles. The molecule has 3 rings (SSSR count). The van der Waals surface area contributed by atoms with E-state index >= 15 is 0 Å². The first-order valence-electron chi connectivity index (χ1n) is 4.76. The molecule has 0 spiro atoms. The second-order valence-electron chi connectivity index (χ2n) is 3.50. The average molecular weight is 203 g/mol. The van der Waals surface area contributed by atoms with Crippen LogP contribution in [0.1, 0.15) is 10.4 Å². The van der Waals surface area contributed by atoms with Gasteiger partial charge in [-0.25, -0.2) is 4.79 Å². The Morgan fingerprint density at radius 3 is 3.00 bits per heavy atom. The van der Waals surface area contributed by atoms with Gasteiger partial charge in [0.25, 0.3) is 0 Å². The number of aromatic carboxylic acids is 1. The van der Waals surface area contributed by atoms with Crippen molar-refractivity contribution in [3.05, 3.63) is 29.8 Å². The maximum atomic E-state index is 11.1. The van der Waals surface area contributed by atoms with E-state index in [1.165, 1.54) is 0 Å². The maximum Gasteiger partial charge on any atom is 0.341 e. The summed E-state index contributed by atoms with van der Waals surface area (Å²) in [6.07, 6.45) is 0. The molecule has 2 aromatic rings. The van der Waals surface area contributed by atoms with Crippen molar-refractivity contribution in [2.24, 2.45) is 0 Å². The van der Waals surface area contributed by atoms with Gasteiger partial charge in [-0.2, -0.15) is 0 Å². The first-order valence-corrected chi connectivity index (χ1v) is 4.76. The molecule has 1 N–H and O–H groups in total. The molecule has 4 heteroatoms. The number of carboxylic acid groups (broad SMARTS) is 1. The maximum absolute atomic E-state index is 11.1. The number of nitrogens with zero attached hydrogens (tertiary/aromatic N) is 1. The van der Waals surface area contributed by atoms with E-state index in [9.17, 15) is 4.79 Å². The van der Waals surface area contributed by atoms with Crippen molar-refractivity contribution in [3.8, 4) is 5.88 Å². The number of ether oxygens (including phenoxy) is 1. The minimum absolute atomic E-state index is 0.281. The number of hydrogen-bond acceptors (Lipinski definition) is 2. The Bertz CT molecular complexity index is 556. The fourth-order valence-corrected chi connectivity index (χ4v) is 2.09. The summed E-state index contributed by atoms with van der Waals surface area (Å²) in [6.45, 7) is 1.28. The number of carbonyl (C=O) groups is 1. The number of aromatic nitrogens is 1. The lowest BCUT2D eigenvalue weighted by Gasteiger charge is -1.96. The van der Waals surface area contributed by atoms with E-state index in [-0.39, 0.29) is 5.56 Å². The fraction of sp³-hybridized carbons (Fsp3) is 0.182. The van der Waals surface area contributed by atoms with Crippen LogP contribution in [0.2, 0.25) is 0 Å². The fourth-order valence-electron chi connectivity index (χ4n) is 2.09. The number of para-hydroxylation sites is 1. The Morgan fingerprint density at radius 1 is 1.40 bits per heavy atom. The monoisotopic (exact) mass is 203 g/mol. The molecule has 76 valence electrons. The zero-order valence-electron chi connectivity index (χ0n) is 7.93. The van der Waals surface area contributed by atoms with E-state index in [2.05, 4.69) is 0 Å². The molecule has 2 heterocycles. The molecule has 0 amide bonds. The summed E-state index contributed by atoms with van der Waals surface area (Å²) in [5, 5.41) is 9.89. The van der Waals surface area contributed by atoms with E-state index in [1.807, 2.05) is 28.8 Å². The topological polar surface area (TPSA) is 51.5 Å². The summed E-state index contributed by atoms with van der Waals surface area (Å²) >= 11 is 0. The molecule has 1 aromatic carbocycles. The SMILES string of the molecule is O=C(O)c1c2n(c3ccccc13)CCO2. The molecule has 0 fully saturated rings. The smallest absolute Gasteiger partial charge is 0.341 e. The summed E-state index contributed by atoms with van der Waals surface area (Å²) in [6, 6.07) is 7.47. The zero-order chi connectivity index (χ0) is 10.4. The molecule has 0 atom stereocenters. The highest BCUT2D eigenvalue weighted by molar-refractivity contribution is 6.06. The first kappa shape index (κ1) is 8.35. The van der Waals surface area contributed by atoms with Crippen LogP contribution in [0, 0.1) is 0 Å². The number of rotatable bonds is 1. The van der Waals surface area contributed by atoms with Gasteiger partial charge >= 0.3 is 5.97 Å². The molecule has 0 unspecified atom stereocenters. The quantitative estimate of drug-likeness (QED) is 0.767. The molecule has 1 aliphatic rings. The van der Waals surface area contributed by atoms with Crippen LogP contribution >= 0.6 is 0 Å². The van der Waals surface area contributed by atoms with E-state index < -0.39 is 5.97 Å². The molecule has 4 nitrogen and oxygen atoms in total. The van der Waals surface area contributed by atoms with Gasteiger partial charge in [-0.15, -0.1) is 0 Å². The Hall–Kier alpha value is -1.97. The molecule has 0 saturated carbocycles. The van der Waals surface area contributed by atoms with Crippen molar-refractivity contribution in [1.82, 2.24) is 4.57 Å². The van der Waals surface area contributed by atoms with Gasteiger partial charge in [0.05, 0.1) is 12.1 Å². The van der Waals surface area contributed by atoms with E-state index in [1.54, 1.807) is 0 Å². The standard InChI is InChI=1S/C11H9NO3/c13-11(14)9-7-3-1-2-4-8(7)12-5-6-15-10(9)12/h1-4H,5-6H2,(H,13,14). The normalized spacial score (nSPS) is 13.9. The Labute approximate surface area is 85.7 Å². The zero-order valence-corrected chi connectivity index (χ0v) is 7.93. The van der Waals surface area contributed by atoms with Crippen LogP contribution in [0.4, 0.5) is 0 Å². The summed E-state index contributed by atoms with van der Waals surface area (Å²) in [4.78, 5) is 11.1. The van der Waals surface area contributed by atoms with Crippen LogP contribution in [-0.2, 0) is 6.54 Å². The van der Waals surface area contributed by atoms with Gasteiger partial charge in [0.15, 0.2) is 0 Å². The summed E-state index contributed by atoms with van der Waals surface area (Å²) in [7, 11) is 0. The highest BCUT2D eigenvalue weighted by atomic mass is 16.5. The van der Waals surface area contributed by atoms with E-state index in [0.717, 1.165) is 17.4 Å². The van der Waals surface area contributed by atoms with Gasteiger partial charge in [0.2, 0.25) is 5.88 Å². The highest BCUT2D eigenvalue weighted by Crippen LogP contribution is 2.34. The lowest BCUT2D eigenvalue weighted by Crippen LogP contribution is -1.98. The van der Waals surface area contributed by atoms with Gasteiger partial charge in [0.1, 0.15) is 12.2 Å². The van der Waals surface area contributed by atoms with Crippen LogP contribution in [0.5, 0.6) is 5.88 Å². The van der Waals surface area contributed by atoms with Crippen LogP contribution in [0.15, 0.2) is 24.3 Å². The van der Waals surface area contributed by atoms with Gasteiger partial charge in [0, 0.05) is 5.39 Å². The third kappa shape index (κ3) is 0.986. The second-order valence-corrected chi connectivity index (χ2v) is 3.50. The Morgan fingerprint density at radius 2 is 2.20 bits per heavy atom. The molecule has 1 aromatic heterocycles. The number of carboxylic acids is 1. The molecule has 1 aliphatic heterocycles. The first-order chi connectivity index (χ1) is 7.29. The third-order valence-electron chi connectivity index (χ3n) is 2.69. The van der Waals surface area contributed by atoms with Crippen molar-refractivity contribution >= 4 is 16.9 Å². The van der Waals surface area contributed by atoms with E-state index in [0.29, 0.717) is 12.5 Å². The molecular weight excluding hydrogens is 194 g/mol. The van der Waals surface area contributed by atoms with Crippen molar-refractivity contribution in [3.63, 3.8) is 0 Å². The highest BCUT2D eigenvalue weighted by Gasteiger charge is 2.26. The van der Waals surface area contributed by atoms with Crippen molar-refractivity contribution in [2.75, 3.05) is 6.61 Å². The largest absolute Gasteiger partial charge is 0.477 e. The van der Waals surface area contributed by atoms with Crippen LogP contribution in [0.25, 0.3) is 10.9 Å². The third-order valence-corrected chi connectivity index (χ3v) is 2.69. The van der Waals surface area contributed by atoms with Crippen LogP contribution in [-0.4, -0.2) is 22.2 Å².